The van der Waals surface area contributed by atoms with Gasteiger partial charge in [-0.25, -0.2) is 13.2 Å². The highest BCUT2D eigenvalue weighted by Crippen LogP contribution is 2.45. The Hall–Kier alpha value is -3.69. The minimum Gasteiger partial charge on any atom is -0.461 e. The topological polar surface area (TPSA) is 102 Å². The Kier molecular flexibility index (Phi) is 6.92. The minimum atomic E-state index is -5.08. The van der Waals surface area contributed by atoms with Crippen molar-refractivity contribution in [2.75, 3.05) is 57.1 Å². The van der Waals surface area contributed by atoms with Crippen LogP contribution in [0.5, 0.6) is 6.01 Å². The number of hydrogen-bond donors (Lipinski definition) is 2. The third kappa shape index (κ3) is 5.35. The second kappa shape index (κ2) is 11.5. The molecule has 0 aliphatic carbocycles. The number of halogens is 6. The van der Waals surface area contributed by atoms with Crippen molar-refractivity contribution in [1.82, 2.24) is 25.2 Å². The van der Waals surface area contributed by atoms with Crippen molar-refractivity contribution in [3.8, 4) is 17.3 Å². The summed E-state index contributed by atoms with van der Waals surface area (Å²) >= 11 is 0. The molecule has 0 spiro atoms. The van der Waals surface area contributed by atoms with Crippen LogP contribution in [0.1, 0.15) is 47.3 Å². The molecule has 9 nitrogen and oxygen atoms in total. The first-order valence-electron chi connectivity index (χ1n) is 16.9. The minimum absolute atomic E-state index is 0.0190. The van der Waals surface area contributed by atoms with Crippen molar-refractivity contribution in [2.24, 2.45) is 0 Å². The van der Waals surface area contributed by atoms with E-state index in [1.165, 1.54) is 0 Å². The first-order valence-corrected chi connectivity index (χ1v) is 15.4. The summed E-state index contributed by atoms with van der Waals surface area (Å²) in [5, 5.41) is 3.45. The number of aryl methyl sites for hydroxylation is 1. The standard InChI is InChI=1S/C32H35F6N7O2/c1-17-8-21(39)24(34)22(23(17)32(36,37)38)27-25(35)26-20(11-40-27)28(44-13-19-4-6-30(14-44,43-19)15-46-2)42-29(41-26)47-16-31-5-3-7-45(31)12-18(9-31)10-33/h8,10-11,19,43H,3-7,9,12-16,39H2,1-2H3/b18-10+/t19-,30+,31-/m0/s1/i2D3. The van der Waals surface area contributed by atoms with E-state index in [-0.39, 0.29) is 43.0 Å². The van der Waals surface area contributed by atoms with Gasteiger partial charge in [-0.05, 0) is 62.8 Å². The van der Waals surface area contributed by atoms with Gasteiger partial charge in [0.25, 0.3) is 0 Å². The van der Waals surface area contributed by atoms with Crippen LogP contribution in [0.4, 0.5) is 37.8 Å². The fourth-order valence-electron chi connectivity index (χ4n) is 8.01. The number of alkyl halides is 3. The SMILES string of the molecule is [2H]C([2H])([2H])OC[C@@]12CC[C@@H](CN(c3nc(OC[C@@]45CCCN4C/C(=C/F)C5)nc4c(F)c(-c5c(F)c(N)cc(C)c5C(F)(F)F)ncc34)C1)N2. The lowest BCUT2D eigenvalue weighted by Crippen LogP contribution is -2.61. The molecule has 0 unspecified atom stereocenters. The third-order valence-corrected chi connectivity index (χ3v) is 10.0. The summed E-state index contributed by atoms with van der Waals surface area (Å²) in [4.78, 5) is 16.9. The van der Waals surface area contributed by atoms with Gasteiger partial charge in [0.05, 0.1) is 50.3 Å². The van der Waals surface area contributed by atoms with E-state index in [2.05, 4.69) is 25.2 Å². The Labute approximate surface area is 271 Å². The fraction of sp³-hybridized carbons (Fsp3) is 0.531. The highest BCUT2D eigenvalue weighted by Gasteiger charge is 2.48. The van der Waals surface area contributed by atoms with Crippen LogP contribution in [0.2, 0.25) is 0 Å². The van der Waals surface area contributed by atoms with Crippen molar-refractivity contribution < 1.29 is 39.9 Å². The predicted molar refractivity (Wildman–Crippen MR) is 163 cm³/mol. The van der Waals surface area contributed by atoms with Gasteiger partial charge in [0.1, 0.15) is 23.6 Å². The lowest BCUT2D eigenvalue weighted by atomic mass is 9.94. The molecule has 4 aliphatic heterocycles. The Bertz CT molecular complexity index is 1880. The van der Waals surface area contributed by atoms with E-state index >= 15 is 8.78 Å². The lowest BCUT2D eigenvalue weighted by Gasteiger charge is -2.41. The molecular weight excluding hydrogens is 628 g/mol. The largest absolute Gasteiger partial charge is 0.461 e. The van der Waals surface area contributed by atoms with Crippen LogP contribution in [0.25, 0.3) is 22.2 Å². The van der Waals surface area contributed by atoms with Crippen LogP contribution in [0.15, 0.2) is 24.2 Å². The molecule has 15 heteroatoms. The summed E-state index contributed by atoms with van der Waals surface area (Å²) in [6.45, 7) is 2.65. The highest BCUT2D eigenvalue weighted by molar-refractivity contribution is 5.92. The number of nitrogens with one attached hydrogen (secondary N) is 1. The van der Waals surface area contributed by atoms with E-state index < -0.39 is 69.5 Å². The maximum atomic E-state index is 16.7. The summed E-state index contributed by atoms with van der Waals surface area (Å²) in [5.41, 5.74) is -0.0256. The van der Waals surface area contributed by atoms with Crippen LogP contribution < -0.4 is 20.7 Å². The van der Waals surface area contributed by atoms with E-state index in [0.717, 1.165) is 32.2 Å². The average Bonchev–Trinajstić information content (AvgIpc) is 3.69. The number of anilines is 2. The van der Waals surface area contributed by atoms with Crippen LogP contribution in [0, 0.1) is 18.6 Å². The molecule has 7 rings (SSSR count). The van der Waals surface area contributed by atoms with Gasteiger partial charge in [0, 0.05) is 38.9 Å². The number of piperazine rings is 1. The van der Waals surface area contributed by atoms with Crippen molar-refractivity contribution in [3.05, 3.63) is 46.9 Å². The number of hydrogen-bond acceptors (Lipinski definition) is 9. The Morgan fingerprint density at radius 1 is 1.21 bits per heavy atom. The second-order valence-corrected chi connectivity index (χ2v) is 13.2. The van der Waals surface area contributed by atoms with Gasteiger partial charge in [-0.1, -0.05) is 0 Å². The van der Waals surface area contributed by atoms with Crippen molar-refractivity contribution in [2.45, 2.75) is 62.3 Å². The number of ether oxygens (including phenoxy) is 2. The zero-order valence-electron chi connectivity index (χ0n) is 28.5. The summed E-state index contributed by atoms with van der Waals surface area (Å²) in [6, 6.07) is 0.418. The number of nitrogens with two attached hydrogens (primary N) is 1. The van der Waals surface area contributed by atoms with Crippen molar-refractivity contribution in [1.29, 1.82) is 0 Å². The molecule has 4 fully saturated rings. The van der Waals surface area contributed by atoms with E-state index in [1.807, 2.05) is 0 Å². The molecule has 4 saturated heterocycles. The van der Waals surface area contributed by atoms with Gasteiger partial charge in [-0.3, -0.25) is 9.88 Å². The molecule has 6 heterocycles. The number of nitrogen functional groups attached to an aromatic ring is 1. The van der Waals surface area contributed by atoms with Gasteiger partial charge in [0.15, 0.2) is 11.6 Å². The molecule has 252 valence electrons. The molecule has 0 amide bonds. The fourth-order valence-corrected chi connectivity index (χ4v) is 8.01. The number of aromatic nitrogens is 3. The summed E-state index contributed by atoms with van der Waals surface area (Å²) < 4.78 is 122. The molecule has 3 atom stereocenters. The van der Waals surface area contributed by atoms with E-state index in [4.69, 9.17) is 19.3 Å². The monoisotopic (exact) mass is 666 g/mol. The summed E-state index contributed by atoms with van der Waals surface area (Å²) in [6.07, 6.45) is -0.178. The number of methoxy groups -OCH3 is 1. The van der Waals surface area contributed by atoms with Gasteiger partial charge in [0.2, 0.25) is 0 Å². The molecular formula is C32H35F6N7O2. The number of fused-ring (bicyclic) bond motifs is 4. The summed E-state index contributed by atoms with van der Waals surface area (Å²) in [5.74, 6) is -2.67. The zero-order chi connectivity index (χ0) is 35.8. The smallest absolute Gasteiger partial charge is 0.417 e. The lowest BCUT2D eigenvalue weighted by molar-refractivity contribution is -0.137. The van der Waals surface area contributed by atoms with Gasteiger partial charge >= 0.3 is 12.2 Å². The number of nitrogens with zero attached hydrogens (tertiary/aromatic N) is 5. The molecule has 0 radical (unpaired) electrons. The molecule has 0 saturated carbocycles. The first kappa shape index (κ1) is 28.3. The second-order valence-electron chi connectivity index (χ2n) is 13.2. The van der Waals surface area contributed by atoms with Crippen LogP contribution in [-0.4, -0.2) is 83.4 Å². The Morgan fingerprint density at radius 2 is 2.04 bits per heavy atom. The molecule has 4 aliphatic rings. The van der Waals surface area contributed by atoms with Crippen LogP contribution >= 0.6 is 0 Å². The van der Waals surface area contributed by atoms with E-state index in [9.17, 15) is 17.6 Å². The zero-order valence-corrected chi connectivity index (χ0v) is 25.5. The Balaban J connectivity index is 1.35. The maximum absolute atomic E-state index is 16.7. The average molecular weight is 667 g/mol. The van der Waals surface area contributed by atoms with E-state index in [0.29, 0.717) is 50.7 Å². The molecule has 3 aromatic rings. The first-order chi connectivity index (χ1) is 23.5. The number of pyridine rings is 1. The number of rotatable bonds is 7. The number of benzene rings is 1. The highest BCUT2D eigenvalue weighted by atomic mass is 19.4. The van der Waals surface area contributed by atoms with Crippen molar-refractivity contribution >= 4 is 22.4 Å². The van der Waals surface area contributed by atoms with Crippen molar-refractivity contribution in [3.63, 3.8) is 0 Å². The summed E-state index contributed by atoms with van der Waals surface area (Å²) in [7, 11) is -2.64. The maximum Gasteiger partial charge on any atom is 0.417 e. The van der Waals surface area contributed by atoms with E-state index in [1.54, 1.807) is 4.90 Å². The molecule has 3 N–H and O–H groups in total. The third-order valence-electron chi connectivity index (χ3n) is 10.0. The van der Waals surface area contributed by atoms with Crippen LogP contribution in [0.3, 0.4) is 0 Å². The van der Waals surface area contributed by atoms with Gasteiger partial charge in [-0.2, -0.15) is 23.1 Å². The molecule has 47 heavy (non-hydrogen) atoms. The molecule has 2 aromatic heterocycles. The van der Waals surface area contributed by atoms with Gasteiger partial charge < -0.3 is 25.4 Å². The quantitative estimate of drug-likeness (QED) is 0.257. The molecule has 2 bridgehead atoms. The predicted octanol–water partition coefficient (Wildman–Crippen LogP) is 5.31. The molecule has 1 aromatic carbocycles. The normalized spacial score (nSPS) is 28.1. The van der Waals surface area contributed by atoms with Gasteiger partial charge in [-0.15, -0.1) is 0 Å². The van der Waals surface area contributed by atoms with Crippen LogP contribution in [-0.2, 0) is 10.9 Å². The Morgan fingerprint density at radius 3 is 2.81 bits per heavy atom.